The van der Waals surface area contributed by atoms with Crippen molar-refractivity contribution >= 4 is 32.7 Å². The summed E-state index contributed by atoms with van der Waals surface area (Å²) in [7, 11) is 1.63. The second-order valence-electron chi connectivity index (χ2n) is 4.34. The Balaban J connectivity index is 1.88. The van der Waals surface area contributed by atoms with E-state index in [-0.39, 0.29) is 0 Å². The van der Waals surface area contributed by atoms with Crippen LogP contribution in [0.4, 0.5) is 0 Å². The SMILES string of the molecule is COc1ccc2oc(-c3nc4ccccc4s3)nc2c1. The van der Waals surface area contributed by atoms with Gasteiger partial charge in [-0.1, -0.05) is 12.1 Å². The van der Waals surface area contributed by atoms with Gasteiger partial charge in [0.05, 0.1) is 17.3 Å². The van der Waals surface area contributed by atoms with Crippen LogP contribution in [0.2, 0.25) is 0 Å². The minimum Gasteiger partial charge on any atom is -0.497 e. The summed E-state index contributed by atoms with van der Waals surface area (Å²) in [5, 5.41) is 0.793. The Labute approximate surface area is 118 Å². The third kappa shape index (κ3) is 1.75. The van der Waals surface area contributed by atoms with E-state index >= 15 is 0 Å². The molecule has 5 heteroatoms. The third-order valence-corrected chi connectivity index (χ3v) is 4.10. The summed E-state index contributed by atoms with van der Waals surface area (Å²) in [6.45, 7) is 0. The third-order valence-electron chi connectivity index (χ3n) is 3.07. The summed E-state index contributed by atoms with van der Waals surface area (Å²) >= 11 is 1.58. The van der Waals surface area contributed by atoms with E-state index in [1.807, 2.05) is 42.5 Å². The zero-order valence-corrected chi connectivity index (χ0v) is 11.5. The minimum absolute atomic E-state index is 0.550. The van der Waals surface area contributed by atoms with Crippen molar-refractivity contribution in [2.24, 2.45) is 0 Å². The Morgan fingerprint density at radius 3 is 2.80 bits per heavy atom. The Kier molecular flexibility index (Phi) is 2.47. The fourth-order valence-corrected chi connectivity index (χ4v) is 2.98. The molecule has 0 bridgehead atoms. The van der Waals surface area contributed by atoms with Crippen LogP contribution in [0.25, 0.3) is 32.2 Å². The molecule has 0 amide bonds. The molecular weight excluding hydrogens is 272 g/mol. The van der Waals surface area contributed by atoms with Crippen molar-refractivity contribution in [2.75, 3.05) is 7.11 Å². The summed E-state index contributed by atoms with van der Waals surface area (Å²) in [4.78, 5) is 9.04. The highest BCUT2D eigenvalue weighted by molar-refractivity contribution is 7.21. The Hall–Kier alpha value is -2.40. The highest BCUT2D eigenvalue weighted by Gasteiger charge is 2.13. The summed E-state index contributed by atoms with van der Waals surface area (Å²) in [5.74, 6) is 1.32. The molecule has 4 nitrogen and oxygen atoms in total. The maximum atomic E-state index is 5.76. The topological polar surface area (TPSA) is 48.2 Å². The molecule has 0 aliphatic heterocycles. The summed E-state index contributed by atoms with van der Waals surface area (Å²) in [5.41, 5.74) is 2.48. The van der Waals surface area contributed by atoms with Gasteiger partial charge in [0.1, 0.15) is 11.3 Å². The number of benzene rings is 2. The normalized spacial score (nSPS) is 11.2. The molecule has 0 aliphatic rings. The van der Waals surface area contributed by atoms with E-state index in [1.165, 1.54) is 0 Å². The zero-order valence-electron chi connectivity index (χ0n) is 10.7. The first-order chi connectivity index (χ1) is 9.83. The maximum Gasteiger partial charge on any atom is 0.256 e. The monoisotopic (exact) mass is 282 g/mol. The standard InChI is InChI=1S/C15H10N2O2S/c1-18-9-6-7-12-11(8-9)16-14(19-12)15-17-10-4-2-3-5-13(10)20-15/h2-8H,1H3. The van der Waals surface area contributed by atoms with Crippen LogP contribution in [0.15, 0.2) is 46.9 Å². The lowest BCUT2D eigenvalue weighted by Crippen LogP contribution is -1.81. The van der Waals surface area contributed by atoms with E-state index in [4.69, 9.17) is 9.15 Å². The average Bonchev–Trinajstić information content (AvgIpc) is 3.09. The lowest BCUT2D eigenvalue weighted by atomic mass is 10.3. The van der Waals surface area contributed by atoms with Crippen LogP contribution in [0.5, 0.6) is 5.75 Å². The van der Waals surface area contributed by atoms with Crippen molar-refractivity contribution in [1.29, 1.82) is 0 Å². The fourth-order valence-electron chi connectivity index (χ4n) is 2.09. The van der Waals surface area contributed by atoms with E-state index in [0.29, 0.717) is 5.89 Å². The maximum absolute atomic E-state index is 5.76. The number of fused-ring (bicyclic) bond motifs is 2. The van der Waals surface area contributed by atoms with Crippen LogP contribution in [-0.2, 0) is 0 Å². The van der Waals surface area contributed by atoms with Crippen LogP contribution in [0.1, 0.15) is 0 Å². The number of nitrogens with zero attached hydrogens (tertiary/aromatic N) is 2. The van der Waals surface area contributed by atoms with Gasteiger partial charge in [0.25, 0.3) is 5.89 Å². The molecule has 4 rings (SSSR count). The molecule has 98 valence electrons. The minimum atomic E-state index is 0.550. The van der Waals surface area contributed by atoms with Crippen molar-refractivity contribution in [2.45, 2.75) is 0 Å². The van der Waals surface area contributed by atoms with E-state index in [0.717, 1.165) is 32.1 Å². The first kappa shape index (κ1) is 11.4. The molecule has 0 spiro atoms. The molecule has 2 heterocycles. The Morgan fingerprint density at radius 1 is 1.05 bits per heavy atom. The number of thiazole rings is 1. The molecule has 0 radical (unpaired) electrons. The van der Waals surface area contributed by atoms with E-state index in [2.05, 4.69) is 9.97 Å². The molecule has 0 N–H and O–H groups in total. The molecule has 2 aromatic heterocycles. The predicted octanol–water partition coefficient (Wildman–Crippen LogP) is 4.11. The number of ether oxygens (including phenoxy) is 1. The van der Waals surface area contributed by atoms with E-state index < -0.39 is 0 Å². The van der Waals surface area contributed by atoms with Crippen molar-refractivity contribution < 1.29 is 9.15 Å². The highest BCUT2D eigenvalue weighted by atomic mass is 32.1. The second-order valence-corrected chi connectivity index (χ2v) is 5.37. The molecule has 20 heavy (non-hydrogen) atoms. The summed E-state index contributed by atoms with van der Waals surface area (Å²) in [6, 6.07) is 13.6. The number of oxazole rings is 1. The van der Waals surface area contributed by atoms with Gasteiger partial charge in [-0.2, -0.15) is 0 Å². The van der Waals surface area contributed by atoms with Gasteiger partial charge in [0.15, 0.2) is 10.6 Å². The first-order valence-electron chi connectivity index (χ1n) is 6.14. The number of hydrogen-bond acceptors (Lipinski definition) is 5. The van der Waals surface area contributed by atoms with Crippen molar-refractivity contribution in [3.8, 4) is 16.6 Å². The number of methoxy groups -OCH3 is 1. The molecule has 4 aromatic rings. The number of hydrogen-bond donors (Lipinski definition) is 0. The van der Waals surface area contributed by atoms with Gasteiger partial charge < -0.3 is 9.15 Å². The van der Waals surface area contributed by atoms with Crippen molar-refractivity contribution in [1.82, 2.24) is 9.97 Å². The lowest BCUT2D eigenvalue weighted by Gasteiger charge is -1.95. The molecule has 2 aromatic carbocycles. The molecule has 0 atom stereocenters. The highest BCUT2D eigenvalue weighted by Crippen LogP contribution is 2.32. The summed E-state index contributed by atoms with van der Waals surface area (Å²) in [6.07, 6.45) is 0. The number of rotatable bonds is 2. The van der Waals surface area contributed by atoms with Gasteiger partial charge in [-0.25, -0.2) is 9.97 Å². The zero-order chi connectivity index (χ0) is 13.5. The Bertz CT molecular complexity index is 877. The van der Waals surface area contributed by atoms with Gasteiger partial charge in [0.2, 0.25) is 0 Å². The van der Waals surface area contributed by atoms with Gasteiger partial charge in [-0.15, -0.1) is 11.3 Å². The van der Waals surface area contributed by atoms with Crippen LogP contribution in [0, 0.1) is 0 Å². The van der Waals surface area contributed by atoms with Gasteiger partial charge >= 0.3 is 0 Å². The molecule has 0 aliphatic carbocycles. The van der Waals surface area contributed by atoms with Crippen molar-refractivity contribution in [3.63, 3.8) is 0 Å². The molecule has 0 saturated carbocycles. The van der Waals surface area contributed by atoms with Crippen molar-refractivity contribution in [3.05, 3.63) is 42.5 Å². The molecular formula is C15H10N2O2S. The number of para-hydroxylation sites is 1. The average molecular weight is 282 g/mol. The first-order valence-corrected chi connectivity index (χ1v) is 6.96. The van der Waals surface area contributed by atoms with Crippen LogP contribution in [-0.4, -0.2) is 17.1 Å². The van der Waals surface area contributed by atoms with E-state index in [9.17, 15) is 0 Å². The predicted molar refractivity (Wildman–Crippen MR) is 79.2 cm³/mol. The second kappa shape index (κ2) is 4.31. The van der Waals surface area contributed by atoms with Gasteiger partial charge in [0, 0.05) is 6.07 Å². The van der Waals surface area contributed by atoms with Crippen LogP contribution >= 0.6 is 11.3 Å². The molecule has 0 fully saturated rings. The van der Waals surface area contributed by atoms with Crippen LogP contribution in [0.3, 0.4) is 0 Å². The summed E-state index contributed by atoms with van der Waals surface area (Å²) < 4.78 is 12.1. The Morgan fingerprint density at radius 2 is 1.95 bits per heavy atom. The smallest absolute Gasteiger partial charge is 0.256 e. The molecule has 0 unspecified atom stereocenters. The largest absolute Gasteiger partial charge is 0.497 e. The van der Waals surface area contributed by atoms with Gasteiger partial charge in [-0.3, -0.25) is 0 Å². The van der Waals surface area contributed by atoms with E-state index in [1.54, 1.807) is 18.4 Å². The quantitative estimate of drug-likeness (QED) is 0.555. The van der Waals surface area contributed by atoms with Gasteiger partial charge in [-0.05, 0) is 24.3 Å². The fraction of sp³-hybridized carbons (Fsp3) is 0.0667. The molecule has 0 saturated heterocycles. The lowest BCUT2D eigenvalue weighted by molar-refractivity contribution is 0.415. The van der Waals surface area contributed by atoms with Crippen LogP contribution < -0.4 is 4.74 Å². The number of aromatic nitrogens is 2.